The molecule has 0 bridgehead atoms. The highest BCUT2D eigenvalue weighted by atomic mass is 32.2. The molecule has 0 aromatic carbocycles. The molecule has 2 rings (SSSR count). The van der Waals surface area contributed by atoms with Crippen LogP contribution in [0.3, 0.4) is 0 Å². The third-order valence-electron chi connectivity index (χ3n) is 4.04. The van der Waals surface area contributed by atoms with Crippen LogP contribution in [0.1, 0.15) is 45.4 Å². The van der Waals surface area contributed by atoms with Gasteiger partial charge in [0.1, 0.15) is 6.10 Å². The Kier molecular flexibility index (Phi) is 5.82. The summed E-state index contributed by atoms with van der Waals surface area (Å²) in [6.07, 6.45) is 6.62. The lowest BCUT2D eigenvalue weighted by molar-refractivity contribution is -0.148. The standard InChI is InChI=1S/C14H25NO3S/c1-2-13(18-12-6-4-3-5-7-12)14(16)15-8-10-19(17)11-9-15/h12-13H,2-11H2,1H3/t13-/m0/s1. The molecule has 0 aromatic heterocycles. The fourth-order valence-electron chi connectivity index (χ4n) is 2.82. The van der Waals surface area contributed by atoms with Gasteiger partial charge in [0.15, 0.2) is 0 Å². The SMILES string of the molecule is CC[C@H](OC1CCCCC1)C(=O)N1CCS(=O)CC1. The predicted molar refractivity (Wildman–Crippen MR) is 76.5 cm³/mol. The summed E-state index contributed by atoms with van der Waals surface area (Å²) >= 11 is 0. The van der Waals surface area contributed by atoms with E-state index in [0.717, 1.165) is 19.3 Å². The lowest BCUT2D eigenvalue weighted by Crippen LogP contribution is -2.47. The van der Waals surface area contributed by atoms with Crippen LogP contribution in [-0.2, 0) is 20.3 Å². The minimum atomic E-state index is -0.734. The van der Waals surface area contributed by atoms with Crippen LogP contribution in [0.5, 0.6) is 0 Å². The molecule has 0 aromatic rings. The Hall–Kier alpha value is -0.420. The quantitative estimate of drug-likeness (QED) is 0.791. The Balaban J connectivity index is 1.85. The molecule has 1 aliphatic heterocycles. The summed E-state index contributed by atoms with van der Waals surface area (Å²) in [4.78, 5) is 14.2. The Bertz CT molecular complexity index is 319. The number of ether oxygens (including phenoxy) is 1. The Morgan fingerprint density at radius 2 is 1.89 bits per heavy atom. The molecule has 1 saturated carbocycles. The molecule has 0 N–H and O–H groups in total. The fourth-order valence-corrected chi connectivity index (χ4v) is 3.88. The molecule has 0 spiro atoms. The number of hydrogen-bond acceptors (Lipinski definition) is 3. The second kappa shape index (κ2) is 7.39. The number of rotatable bonds is 4. The van der Waals surface area contributed by atoms with Gasteiger partial charge in [-0.2, -0.15) is 0 Å². The van der Waals surface area contributed by atoms with Crippen LogP contribution >= 0.6 is 0 Å². The van der Waals surface area contributed by atoms with E-state index in [4.69, 9.17) is 4.74 Å². The van der Waals surface area contributed by atoms with Crippen molar-refractivity contribution in [2.75, 3.05) is 24.6 Å². The van der Waals surface area contributed by atoms with Crippen molar-refractivity contribution in [2.45, 2.75) is 57.7 Å². The maximum atomic E-state index is 12.4. The lowest BCUT2D eigenvalue weighted by atomic mass is 9.97. The summed E-state index contributed by atoms with van der Waals surface area (Å²) in [6, 6.07) is 0. The summed E-state index contributed by atoms with van der Waals surface area (Å²) in [5, 5.41) is 0. The number of carbonyl (C=O) groups excluding carboxylic acids is 1. The first-order valence-corrected chi connectivity index (χ1v) is 8.98. The molecule has 1 saturated heterocycles. The zero-order valence-corrected chi connectivity index (χ0v) is 12.6. The average molecular weight is 287 g/mol. The first-order chi connectivity index (χ1) is 9.20. The molecule has 110 valence electrons. The molecule has 2 fully saturated rings. The van der Waals surface area contributed by atoms with Gasteiger partial charge in [-0.15, -0.1) is 0 Å². The number of nitrogens with zero attached hydrogens (tertiary/aromatic N) is 1. The maximum absolute atomic E-state index is 12.4. The van der Waals surface area contributed by atoms with Gasteiger partial charge in [0.25, 0.3) is 5.91 Å². The lowest BCUT2D eigenvalue weighted by Gasteiger charge is -2.32. The fraction of sp³-hybridized carbons (Fsp3) is 0.929. The minimum Gasteiger partial charge on any atom is -0.365 e. The highest BCUT2D eigenvalue weighted by molar-refractivity contribution is 7.85. The first-order valence-electron chi connectivity index (χ1n) is 7.50. The van der Waals surface area contributed by atoms with E-state index in [-0.39, 0.29) is 18.1 Å². The van der Waals surface area contributed by atoms with Gasteiger partial charge >= 0.3 is 0 Å². The minimum absolute atomic E-state index is 0.102. The molecule has 4 nitrogen and oxygen atoms in total. The molecule has 5 heteroatoms. The normalized spacial score (nSPS) is 24.4. The monoisotopic (exact) mass is 287 g/mol. The van der Waals surface area contributed by atoms with E-state index < -0.39 is 10.8 Å². The third-order valence-corrected chi connectivity index (χ3v) is 5.32. The molecule has 2 aliphatic rings. The van der Waals surface area contributed by atoms with E-state index >= 15 is 0 Å². The van der Waals surface area contributed by atoms with Gasteiger partial charge in [0.2, 0.25) is 0 Å². The molecule has 1 heterocycles. The van der Waals surface area contributed by atoms with E-state index in [2.05, 4.69) is 0 Å². The van der Waals surface area contributed by atoms with Gasteiger partial charge in [-0.25, -0.2) is 0 Å². The van der Waals surface area contributed by atoms with Crippen LogP contribution in [0.25, 0.3) is 0 Å². The van der Waals surface area contributed by atoms with Crippen LogP contribution in [0.4, 0.5) is 0 Å². The molecule has 1 atom stereocenters. The van der Waals surface area contributed by atoms with Gasteiger partial charge in [-0.1, -0.05) is 26.2 Å². The van der Waals surface area contributed by atoms with Crippen LogP contribution in [0, 0.1) is 0 Å². The molecule has 1 amide bonds. The summed E-state index contributed by atoms with van der Waals surface area (Å²) in [6.45, 7) is 3.25. The van der Waals surface area contributed by atoms with Crippen molar-refractivity contribution in [3.63, 3.8) is 0 Å². The number of carbonyl (C=O) groups is 1. The predicted octanol–water partition coefficient (Wildman–Crippen LogP) is 1.71. The summed E-state index contributed by atoms with van der Waals surface area (Å²) < 4.78 is 17.3. The topological polar surface area (TPSA) is 46.6 Å². The second-order valence-corrected chi connectivity index (χ2v) is 7.16. The van der Waals surface area contributed by atoms with Gasteiger partial charge < -0.3 is 9.64 Å². The van der Waals surface area contributed by atoms with Crippen molar-refractivity contribution in [1.82, 2.24) is 4.90 Å². The van der Waals surface area contributed by atoms with E-state index in [1.807, 2.05) is 11.8 Å². The molecule has 1 aliphatic carbocycles. The molecule has 0 unspecified atom stereocenters. The second-order valence-electron chi connectivity index (χ2n) is 5.47. The number of amides is 1. The van der Waals surface area contributed by atoms with Crippen molar-refractivity contribution in [3.05, 3.63) is 0 Å². The first kappa shape index (κ1) is 15.0. The van der Waals surface area contributed by atoms with Gasteiger partial charge in [0.05, 0.1) is 6.10 Å². The van der Waals surface area contributed by atoms with Crippen molar-refractivity contribution in [3.8, 4) is 0 Å². The molecular formula is C14H25NO3S. The van der Waals surface area contributed by atoms with Crippen LogP contribution in [0.2, 0.25) is 0 Å². The Morgan fingerprint density at radius 3 is 2.47 bits per heavy atom. The number of hydrogen-bond donors (Lipinski definition) is 0. The maximum Gasteiger partial charge on any atom is 0.251 e. The average Bonchev–Trinajstić information content (AvgIpc) is 2.46. The van der Waals surface area contributed by atoms with Crippen molar-refractivity contribution in [2.24, 2.45) is 0 Å². The Labute approximate surface area is 118 Å². The van der Waals surface area contributed by atoms with Gasteiger partial charge in [-0.05, 0) is 19.3 Å². The highest BCUT2D eigenvalue weighted by Crippen LogP contribution is 2.23. The van der Waals surface area contributed by atoms with E-state index in [0.29, 0.717) is 24.6 Å². The molecule has 0 radical (unpaired) electrons. The van der Waals surface area contributed by atoms with Gasteiger partial charge in [0, 0.05) is 35.4 Å². The molecule has 19 heavy (non-hydrogen) atoms. The van der Waals surface area contributed by atoms with Crippen LogP contribution in [0.15, 0.2) is 0 Å². The Morgan fingerprint density at radius 1 is 1.26 bits per heavy atom. The third kappa shape index (κ3) is 4.28. The zero-order valence-electron chi connectivity index (χ0n) is 11.8. The van der Waals surface area contributed by atoms with Crippen molar-refractivity contribution in [1.29, 1.82) is 0 Å². The van der Waals surface area contributed by atoms with E-state index in [1.54, 1.807) is 0 Å². The molecular weight excluding hydrogens is 262 g/mol. The highest BCUT2D eigenvalue weighted by Gasteiger charge is 2.29. The largest absolute Gasteiger partial charge is 0.365 e. The van der Waals surface area contributed by atoms with Crippen LogP contribution < -0.4 is 0 Å². The smallest absolute Gasteiger partial charge is 0.251 e. The van der Waals surface area contributed by atoms with Crippen molar-refractivity contribution >= 4 is 16.7 Å². The summed E-state index contributed by atoms with van der Waals surface area (Å²) in [7, 11) is -0.734. The summed E-state index contributed by atoms with van der Waals surface area (Å²) in [5.41, 5.74) is 0. The van der Waals surface area contributed by atoms with Crippen molar-refractivity contribution < 1.29 is 13.7 Å². The van der Waals surface area contributed by atoms with Gasteiger partial charge in [-0.3, -0.25) is 9.00 Å². The van der Waals surface area contributed by atoms with E-state index in [9.17, 15) is 9.00 Å². The summed E-state index contributed by atoms with van der Waals surface area (Å²) in [5.74, 6) is 1.33. The van der Waals surface area contributed by atoms with Crippen LogP contribution in [-0.4, -0.2) is 51.8 Å². The zero-order chi connectivity index (χ0) is 13.7. The van der Waals surface area contributed by atoms with E-state index in [1.165, 1.54) is 19.3 Å².